The van der Waals surface area contributed by atoms with Gasteiger partial charge in [-0.2, -0.15) is 0 Å². The summed E-state index contributed by atoms with van der Waals surface area (Å²) in [7, 11) is 0. The van der Waals surface area contributed by atoms with E-state index >= 15 is 0 Å². The molecule has 0 saturated heterocycles. The molecule has 0 aliphatic rings. The Bertz CT molecular complexity index is 431. The summed E-state index contributed by atoms with van der Waals surface area (Å²) in [5.41, 5.74) is 1.52. The molecule has 0 bridgehead atoms. The maximum absolute atomic E-state index is 11.9. The van der Waals surface area contributed by atoms with Crippen LogP contribution in [0.4, 0.5) is 5.69 Å². The number of carbonyl (C=O) groups excluding carboxylic acids is 1. The molecule has 1 aromatic carbocycles. The number of anilines is 1. The number of amides is 1. The standard InChI is InChI=1S/C14H21N3OS/c1-4-10(3)16-13(18)11-6-8-12(9-7-11)17-14(19)15-5-2/h6-10H,4-5H2,1-3H3,(H,16,18)(H2,15,17,19). The van der Waals surface area contributed by atoms with Gasteiger partial charge >= 0.3 is 0 Å². The second-order valence-corrected chi connectivity index (χ2v) is 4.75. The first kappa shape index (κ1) is 15.4. The molecular formula is C14H21N3OS. The Kier molecular flexibility index (Phi) is 6.29. The SMILES string of the molecule is CCNC(=S)Nc1ccc(C(=O)NC(C)CC)cc1. The van der Waals surface area contributed by atoms with Gasteiger partial charge in [0.15, 0.2) is 5.11 Å². The second-order valence-electron chi connectivity index (χ2n) is 4.34. The minimum Gasteiger partial charge on any atom is -0.363 e. The van der Waals surface area contributed by atoms with Gasteiger partial charge < -0.3 is 16.0 Å². The van der Waals surface area contributed by atoms with Crippen LogP contribution < -0.4 is 16.0 Å². The quantitative estimate of drug-likeness (QED) is 0.725. The van der Waals surface area contributed by atoms with Crippen molar-refractivity contribution in [3.8, 4) is 0 Å². The summed E-state index contributed by atoms with van der Waals surface area (Å²) < 4.78 is 0. The zero-order chi connectivity index (χ0) is 14.3. The highest BCUT2D eigenvalue weighted by Crippen LogP contribution is 2.09. The molecule has 0 aliphatic carbocycles. The van der Waals surface area contributed by atoms with Crippen molar-refractivity contribution in [3.63, 3.8) is 0 Å². The first-order chi connectivity index (χ1) is 9.06. The highest BCUT2D eigenvalue weighted by molar-refractivity contribution is 7.80. The third-order valence-electron chi connectivity index (χ3n) is 2.73. The summed E-state index contributed by atoms with van der Waals surface area (Å²) in [5, 5.41) is 9.57. The van der Waals surface area contributed by atoms with Crippen molar-refractivity contribution in [1.29, 1.82) is 0 Å². The molecule has 3 N–H and O–H groups in total. The molecule has 1 atom stereocenters. The van der Waals surface area contributed by atoms with Crippen molar-refractivity contribution in [2.24, 2.45) is 0 Å². The second kappa shape index (κ2) is 7.74. The number of benzene rings is 1. The lowest BCUT2D eigenvalue weighted by molar-refractivity contribution is 0.0939. The van der Waals surface area contributed by atoms with Gasteiger partial charge in [-0.15, -0.1) is 0 Å². The molecule has 0 heterocycles. The van der Waals surface area contributed by atoms with E-state index in [0.29, 0.717) is 10.7 Å². The third kappa shape index (κ3) is 5.26. The van der Waals surface area contributed by atoms with Crippen LogP contribution in [0.1, 0.15) is 37.6 Å². The molecule has 0 fully saturated rings. The molecule has 0 aromatic heterocycles. The monoisotopic (exact) mass is 279 g/mol. The fourth-order valence-electron chi connectivity index (χ4n) is 1.45. The predicted octanol–water partition coefficient (Wildman–Crippen LogP) is 2.52. The molecule has 0 spiro atoms. The Balaban J connectivity index is 2.60. The zero-order valence-electron chi connectivity index (χ0n) is 11.6. The van der Waals surface area contributed by atoms with E-state index in [4.69, 9.17) is 12.2 Å². The van der Waals surface area contributed by atoms with Gasteiger partial charge in [0.2, 0.25) is 0 Å². The number of rotatable bonds is 5. The predicted molar refractivity (Wildman–Crippen MR) is 83.6 cm³/mol. The number of hydrogen-bond acceptors (Lipinski definition) is 2. The maximum Gasteiger partial charge on any atom is 0.251 e. The molecule has 0 aliphatic heterocycles. The molecule has 104 valence electrons. The number of hydrogen-bond donors (Lipinski definition) is 3. The van der Waals surface area contributed by atoms with Crippen molar-refractivity contribution < 1.29 is 4.79 Å². The summed E-state index contributed by atoms with van der Waals surface area (Å²) in [5.74, 6) is -0.0461. The molecule has 19 heavy (non-hydrogen) atoms. The van der Waals surface area contributed by atoms with Crippen LogP contribution in [0.2, 0.25) is 0 Å². The van der Waals surface area contributed by atoms with Gasteiger partial charge in [-0.05, 0) is 56.8 Å². The lowest BCUT2D eigenvalue weighted by Crippen LogP contribution is -2.32. The van der Waals surface area contributed by atoms with E-state index in [1.54, 1.807) is 12.1 Å². The summed E-state index contributed by atoms with van der Waals surface area (Å²) in [4.78, 5) is 11.9. The summed E-state index contributed by atoms with van der Waals surface area (Å²) in [6, 6.07) is 7.44. The first-order valence-corrected chi connectivity index (χ1v) is 6.93. The van der Waals surface area contributed by atoms with Crippen LogP contribution in [0.25, 0.3) is 0 Å². The Hall–Kier alpha value is -1.62. The molecule has 0 radical (unpaired) electrons. The van der Waals surface area contributed by atoms with E-state index in [9.17, 15) is 4.79 Å². The van der Waals surface area contributed by atoms with Crippen molar-refractivity contribution in [3.05, 3.63) is 29.8 Å². The topological polar surface area (TPSA) is 53.2 Å². The Morgan fingerprint density at radius 3 is 2.42 bits per heavy atom. The minimum atomic E-state index is -0.0461. The molecule has 5 heteroatoms. The number of thiocarbonyl (C=S) groups is 1. The highest BCUT2D eigenvalue weighted by Gasteiger charge is 2.08. The van der Waals surface area contributed by atoms with Gasteiger partial charge in [-0.3, -0.25) is 4.79 Å². The Morgan fingerprint density at radius 2 is 1.89 bits per heavy atom. The van der Waals surface area contributed by atoms with Crippen LogP contribution in [0.15, 0.2) is 24.3 Å². The van der Waals surface area contributed by atoms with Gasteiger partial charge in [0.1, 0.15) is 0 Å². The summed E-state index contributed by atoms with van der Waals surface area (Å²) in [6.07, 6.45) is 0.919. The van der Waals surface area contributed by atoms with Crippen LogP contribution >= 0.6 is 12.2 Å². The van der Waals surface area contributed by atoms with E-state index < -0.39 is 0 Å². The van der Waals surface area contributed by atoms with E-state index in [2.05, 4.69) is 16.0 Å². The Morgan fingerprint density at radius 1 is 1.26 bits per heavy atom. The molecular weight excluding hydrogens is 258 g/mol. The van der Waals surface area contributed by atoms with Crippen molar-refractivity contribution in [2.45, 2.75) is 33.2 Å². The molecule has 1 amide bonds. The first-order valence-electron chi connectivity index (χ1n) is 6.52. The lowest BCUT2D eigenvalue weighted by atomic mass is 10.1. The van der Waals surface area contributed by atoms with E-state index in [0.717, 1.165) is 18.7 Å². The number of nitrogens with one attached hydrogen (secondary N) is 3. The molecule has 1 rings (SSSR count). The molecule has 4 nitrogen and oxygen atoms in total. The van der Waals surface area contributed by atoms with Crippen LogP contribution in [0.3, 0.4) is 0 Å². The van der Waals surface area contributed by atoms with E-state index in [-0.39, 0.29) is 11.9 Å². The van der Waals surface area contributed by atoms with Gasteiger partial charge in [0.25, 0.3) is 5.91 Å². The lowest BCUT2D eigenvalue weighted by Gasteiger charge is -2.12. The van der Waals surface area contributed by atoms with Crippen LogP contribution in [0, 0.1) is 0 Å². The zero-order valence-corrected chi connectivity index (χ0v) is 12.4. The highest BCUT2D eigenvalue weighted by atomic mass is 32.1. The van der Waals surface area contributed by atoms with E-state index in [1.165, 1.54) is 0 Å². The number of carbonyl (C=O) groups is 1. The van der Waals surface area contributed by atoms with E-state index in [1.807, 2.05) is 32.9 Å². The fraction of sp³-hybridized carbons (Fsp3) is 0.429. The average molecular weight is 279 g/mol. The van der Waals surface area contributed by atoms with Gasteiger partial charge in [0.05, 0.1) is 0 Å². The third-order valence-corrected chi connectivity index (χ3v) is 2.98. The normalized spacial score (nSPS) is 11.5. The summed E-state index contributed by atoms with van der Waals surface area (Å²) in [6.45, 7) is 6.79. The van der Waals surface area contributed by atoms with Crippen LogP contribution in [-0.2, 0) is 0 Å². The molecule has 0 saturated carbocycles. The average Bonchev–Trinajstić information content (AvgIpc) is 2.39. The largest absolute Gasteiger partial charge is 0.363 e. The smallest absolute Gasteiger partial charge is 0.251 e. The minimum absolute atomic E-state index is 0.0461. The van der Waals surface area contributed by atoms with Gasteiger partial charge in [-0.25, -0.2) is 0 Å². The Labute approximate surface area is 120 Å². The van der Waals surface area contributed by atoms with Crippen molar-refractivity contribution >= 4 is 28.9 Å². The van der Waals surface area contributed by atoms with Gasteiger partial charge in [-0.1, -0.05) is 6.92 Å². The van der Waals surface area contributed by atoms with Crippen molar-refractivity contribution in [1.82, 2.24) is 10.6 Å². The van der Waals surface area contributed by atoms with Crippen LogP contribution in [0.5, 0.6) is 0 Å². The van der Waals surface area contributed by atoms with Crippen LogP contribution in [-0.4, -0.2) is 23.6 Å². The fourth-order valence-corrected chi connectivity index (χ4v) is 1.71. The molecule has 1 unspecified atom stereocenters. The van der Waals surface area contributed by atoms with Gasteiger partial charge in [0, 0.05) is 23.8 Å². The van der Waals surface area contributed by atoms with Crippen molar-refractivity contribution in [2.75, 3.05) is 11.9 Å². The maximum atomic E-state index is 11.9. The molecule has 1 aromatic rings. The summed E-state index contributed by atoms with van der Waals surface area (Å²) >= 11 is 5.09.